The third-order valence-corrected chi connectivity index (χ3v) is 6.63. The topological polar surface area (TPSA) is 55.8 Å². The van der Waals surface area contributed by atoms with Crippen LogP contribution in [0.1, 0.15) is 18.5 Å². The van der Waals surface area contributed by atoms with Crippen molar-refractivity contribution in [2.75, 3.05) is 18.5 Å². The van der Waals surface area contributed by atoms with Crippen molar-refractivity contribution in [3.05, 3.63) is 83.9 Å². The molecule has 0 aliphatic heterocycles. The third-order valence-electron chi connectivity index (χ3n) is 4.70. The Bertz CT molecular complexity index is 1150. The van der Waals surface area contributed by atoms with Gasteiger partial charge in [0.2, 0.25) is 0 Å². The zero-order valence-electron chi connectivity index (χ0n) is 16.7. The molecule has 3 rings (SSSR count). The maximum Gasteiger partial charge on any atom is 0.267 e. The number of hydrogen-bond acceptors (Lipinski definition) is 4. The van der Waals surface area contributed by atoms with E-state index in [1.165, 1.54) is 75.7 Å². The Morgan fingerprint density at radius 2 is 1.43 bits per heavy atom. The Morgan fingerprint density at radius 3 is 2.03 bits per heavy atom. The van der Waals surface area contributed by atoms with E-state index in [4.69, 9.17) is 9.47 Å². The standard InChI is InChI=1S/C22H21F2NO4S/c1-15(17-8-4-5-9-18(17)23)25(16-12-13-20(28-2)21(14-16)29-3)30(26,27)22-11-7-6-10-19(22)24/h4-15H,1-3H3. The number of anilines is 1. The molecule has 0 aliphatic rings. The highest BCUT2D eigenvalue weighted by Gasteiger charge is 2.34. The second-order valence-corrected chi connectivity index (χ2v) is 8.25. The number of halogens is 2. The summed E-state index contributed by atoms with van der Waals surface area (Å²) in [7, 11) is -1.53. The maximum atomic E-state index is 14.5. The van der Waals surface area contributed by atoms with Gasteiger partial charge in [-0.05, 0) is 37.3 Å². The molecule has 5 nitrogen and oxygen atoms in total. The van der Waals surface area contributed by atoms with Crippen molar-refractivity contribution in [1.82, 2.24) is 0 Å². The highest BCUT2D eigenvalue weighted by atomic mass is 32.2. The zero-order valence-corrected chi connectivity index (χ0v) is 17.5. The predicted octanol–water partition coefficient (Wildman–Crippen LogP) is 4.94. The minimum atomic E-state index is -4.40. The van der Waals surface area contributed by atoms with Crippen molar-refractivity contribution in [2.24, 2.45) is 0 Å². The summed E-state index contributed by atoms with van der Waals surface area (Å²) < 4.78 is 67.5. The summed E-state index contributed by atoms with van der Waals surface area (Å²) in [5.74, 6) is -0.796. The van der Waals surface area contributed by atoms with Crippen LogP contribution in [0.15, 0.2) is 71.6 Å². The van der Waals surface area contributed by atoms with Crippen molar-refractivity contribution in [3.8, 4) is 11.5 Å². The first-order valence-electron chi connectivity index (χ1n) is 9.06. The summed E-state index contributed by atoms with van der Waals surface area (Å²) >= 11 is 0. The second kappa shape index (κ2) is 8.71. The van der Waals surface area contributed by atoms with Gasteiger partial charge in [-0.3, -0.25) is 4.31 Å². The second-order valence-electron chi connectivity index (χ2n) is 6.47. The summed E-state index contributed by atoms with van der Waals surface area (Å²) in [6.45, 7) is 1.54. The average Bonchev–Trinajstić information content (AvgIpc) is 2.74. The lowest BCUT2D eigenvalue weighted by Gasteiger charge is -2.31. The fourth-order valence-corrected chi connectivity index (χ4v) is 4.93. The third kappa shape index (κ3) is 3.95. The van der Waals surface area contributed by atoms with E-state index < -0.39 is 32.6 Å². The lowest BCUT2D eigenvalue weighted by Crippen LogP contribution is -2.34. The molecule has 0 saturated carbocycles. The van der Waals surface area contributed by atoms with Gasteiger partial charge in [0.25, 0.3) is 10.0 Å². The molecule has 0 fully saturated rings. The molecule has 1 unspecified atom stereocenters. The van der Waals surface area contributed by atoms with Crippen molar-refractivity contribution < 1.29 is 26.7 Å². The summed E-state index contributed by atoms with van der Waals surface area (Å²) in [6, 6.07) is 14.4. The zero-order chi connectivity index (χ0) is 21.9. The number of sulfonamides is 1. The Balaban J connectivity index is 2.25. The highest BCUT2D eigenvalue weighted by molar-refractivity contribution is 7.92. The molecule has 3 aromatic rings. The van der Waals surface area contributed by atoms with E-state index in [1.807, 2.05) is 0 Å². The highest BCUT2D eigenvalue weighted by Crippen LogP contribution is 2.39. The van der Waals surface area contributed by atoms with Gasteiger partial charge < -0.3 is 9.47 Å². The van der Waals surface area contributed by atoms with E-state index in [-0.39, 0.29) is 17.0 Å². The summed E-state index contributed by atoms with van der Waals surface area (Å²) in [5, 5.41) is 0. The fraction of sp³-hybridized carbons (Fsp3) is 0.182. The largest absolute Gasteiger partial charge is 0.493 e. The van der Waals surface area contributed by atoms with Gasteiger partial charge in [-0.2, -0.15) is 0 Å². The monoisotopic (exact) mass is 433 g/mol. The van der Waals surface area contributed by atoms with Gasteiger partial charge >= 0.3 is 0 Å². The van der Waals surface area contributed by atoms with Gasteiger partial charge in [0, 0.05) is 11.6 Å². The van der Waals surface area contributed by atoms with Crippen LogP contribution in [0, 0.1) is 11.6 Å². The first-order chi connectivity index (χ1) is 14.3. The summed E-state index contributed by atoms with van der Waals surface area (Å²) in [4.78, 5) is -0.511. The van der Waals surface area contributed by atoms with Crippen molar-refractivity contribution >= 4 is 15.7 Å². The lowest BCUT2D eigenvalue weighted by atomic mass is 10.1. The lowest BCUT2D eigenvalue weighted by molar-refractivity contribution is 0.355. The van der Waals surface area contributed by atoms with E-state index in [1.54, 1.807) is 6.07 Å². The van der Waals surface area contributed by atoms with Crippen LogP contribution in [-0.2, 0) is 10.0 Å². The van der Waals surface area contributed by atoms with Crippen molar-refractivity contribution in [1.29, 1.82) is 0 Å². The van der Waals surface area contributed by atoms with Crippen LogP contribution in [0.4, 0.5) is 14.5 Å². The quantitative estimate of drug-likeness (QED) is 0.530. The predicted molar refractivity (Wildman–Crippen MR) is 110 cm³/mol. The molecule has 158 valence electrons. The minimum absolute atomic E-state index is 0.146. The van der Waals surface area contributed by atoms with Crippen LogP contribution in [0.5, 0.6) is 11.5 Å². The Labute approximate surface area is 174 Å². The van der Waals surface area contributed by atoms with Crippen LogP contribution in [-0.4, -0.2) is 22.6 Å². The molecule has 0 heterocycles. The van der Waals surface area contributed by atoms with E-state index >= 15 is 0 Å². The first kappa shape index (κ1) is 21.6. The maximum absolute atomic E-state index is 14.5. The molecule has 0 radical (unpaired) electrons. The van der Waals surface area contributed by atoms with Gasteiger partial charge in [0.15, 0.2) is 11.5 Å². The van der Waals surface area contributed by atoms with Crippen LogP contribution in [0.2, 0.25) is 0 Å². The van der Waals surface area contributed by atoms with Crippen LogP contribution in [0.3, 0.4) is 0 Å². The average molecular weight is 433 g/mol. The molecule has 8 heteroatoms. The molecule has 0 amide bonds. The van der Waals surface area contributed by atoms with Crippen molar-refractivity contribution in [2.45, 2.75) is 17.9 Å². The minimum Gasteiger partial charge on any atom is -0.493 e. The molecule has 1 atom stereocenters. The molecule has 0 spiro atoms. The molecule has 0 bridgehead atoms. The molecule has 0 aromatic heterocycles. The fourth-order valence-electron chi connectivity index (χ4n) is 3.23. The van der Waals surface area contributed by atoms with E-state index in [0.29, 0.717) is 5.75 Å². The van der Waals surface area contributed by atoms with Gasteiger partial charge in [-0.1, -0.05) is 30.3 Å². The van der Waals surface area contributed by atoms with Gasteiger partial charge in [0.1, 0.15) is 16.5 Å². The number of ether oxygens (including phenoxy) is 2. The molecular formula is C22H21F2NO4S. The smallest absolute Gasteiger partial charge is 0.267 e. The number of methoxy groups -OCH3 is 2. The summed E-state index contributed by atoms with van der Waals surface area (Å²) in [5.41, 5.74) is 0.318. The van der Waals surface area contributed by atoms with E-state index in [2.05, 4.69) is 0 Å². The molecular weight excluding hydrogens is 412 g/mol. The molecule has 0 saturated heterocycles. The van der Waals surface area contributed by atoms with Gasteiger partial charge in [-0.15, -0.1) is 0 Å². The van der Waals surface area contributed by atoms with Crippen molar-refractivity contribution in [3.63, 3.8) is 0 Å². The molecule has 3 aromatic carbocycles. The van der Waals surface area contributed by atoms with E-state index in [0.717, 1.165) is 10.4 Å². The Morgan fingerprint density at radius 1 is 0.833 bits per heavy atom. The first-order valence-corrected chi connectivity index (χ1v) is 10.5. The molecule has 30 heavy (non-hydrogen) atoms. The number of hydrogen-bond donors (Lipinski definition) is 0. The molecule has 0 N–H and O–H groups in total. The molecule has 0 aliphatic carbocycles. The number of benzene rings is 3. The number of nitrogens with zero attached hydrogens (tertiary/aromatic N) is 1. The van der Waals surface area contributed by atoms with Gasteiger partial charge in [-0.25, -0.2) is 17.2 Å². The number of rotatable bonds is 7. The van der Waals surface area contributed by atoms with Crippen LogP contribution in [0.25, 0.3) is 0 Å². The Hall–Kier alpha value is -3.13. The van der Waals surface area contributed by atoms with E-state index in [9.17, 15) is 17.2 Å². The van der Waals surface area contributed by atoms with Gasteiger partial charge in [0.05, 0.1) is 25.9 Å². The normalized spacial score (nSPS) is 12.3. The van der Waals surface area contributed by atoms with Crippen LogP contribution >= 0.6 is 0 Å². The summed E-state index contributed by atoms with van der Waals surface area (Å²) in [6.07, 6.45) is 0. The Kier molecular flexibility index (Phi) is 6.26. The SMILES string of the molecule is COc1ccc(N(C(C)c2ccccc2F)S(=O)(=O)c2ccccc2F)cc1OC. The van der Waals surface area contributed by atoms with Crippen LogP contribution < -0.4 is 13.8 Å².